The molecule has 112 valence electrons. The van der Waals surface area contributed by atoms with E-state index in [1.54, 1.807) is 0 Å². The molecule has 0 saturated carbocycles. The summed E-state index contributed by atoms with van der Waals surface area (Å²) in [5.74, 6) is 2.14. The van der Waals surface area contributed by atoms with E-state index in [0.29, 0.717) is 12.3 Å². The molecule has 3 nitrogen and oxygen atoms in total. The highest BCUT2D eigenvalue weighted by atomic mass is 16.3. The summed E-state index contributed by atoms with van der Waals surface area (Å²) in [5.41, 5.74) is 0.791. The largest absolute Gasteiger partial charge is 0.453 e. The van der Waals surface area contributed by atoms with Gasteiger partial charge >= 0.3 is 0 Å². The maximum absolute atomic E-state index is 12.4. The van der Waals surface area contributed by atoms with Gasteiger partial charge in [0, 0.05) is 5.39 Å². The van der Waals surface area contributed by atoms with Gasteiger partial charge in [-0.1, -0.05) is 32.0 Å². The summed E-state index contributed by atoms with van der Waals surface area (Å²) >= 11 is 0. The van der Waals surface area contributed by atoms with Crippen molar-refractivity contribution in [3.63, 3.8) is 0 Å². The molecule has 0 atom stereocenters. The summed E-state index contributed by atoms with van der Waals surface area (Å²) in [6.07, 6.45) is 2.40. The number of rotatable bonds is 4. The number of para-hydroxylation sites is 1. The van der Waals surface area contributed by atoms with Crippen molar-refractivity contribution in [2.45, 2.75) is 26.7 Å². The Morgan fingerprint density at radius 1 is 1.29 bits per heavy atom. The van der Waals surface area contributed by atoms with Gasteiger partial charge in [-0.2, -0.15) is 0 Å². The van der Waals surface area contributed by atoms with Crippen LogP contribution in [0.5, 0.6) is 0 Å². The minimum Gasteiger partial charge on any atom is -0.453 e. The number of benzene rings is 1. The lowest BCUT2D eigenvalue weighted by molar-refractivity contribution is 0.0855. The maximum atomic E-state index is 12.4. The first kappa shape index (κ1) is 14.3. The molecule has 1 saturated heterocycles. The number of furan rings is 1. The normalized spacial score (nSPS) is 17.7. The number of Topliss-reactive ketones (excluding diaryl/α,β-unsaturated/α-hetero) is 1. The quantitative estimate of drug-likeness (QED) is 0.797. The SMILES string of the molecule is CC(C)C1CCN(CC(=O)c2cc3ccccc3o2)CC1. The van der Waals surface area contributed by atoms with Crippen LogP contribution in [0.15, 0.2) is 34.7 Å². The summed E-state index contributed by atoms with van der Waals surface area (Å²) in [5, 5.41) is 0.999. The highest BCUT2D eigenvalue weighted by Crippen LogP contribution is 2.25. The van der Waals surface area contributed by atoms with Gasteiger partial charge in [0.05, 0.1) is 6.54 Å². The number of likely N-dealkylation sites (tertiary alicyclic amines) is 1. The molecule has 0 N–H and O–H groups in total. The molecule has 21 heavy (non-hydrogen) atoms. The second-order valence-electron chi connectivity index (χ2n) is 6.43. The zero-order valence-electron chi connectivity index (χ0n) is 12.8. The molecule has 3 heteroatoms. The van der Waals surface area contributed by atoms with Crippen LogP contribution < -0.4 is 0 Å². The van der Waals surface area contributed by atoms with E-state index in [-0.39, 0.29) is 5.78 Å². The van der Waals surface area contributed by atoms with Crippen LogP contribution in [-0.2, 0) is 0 Å². The van der Waals surface area contributed by atoms with Crippen LogP contribution in [0.3, 0.4) is 0 Å². The van der Waals surface area contributed by atoms with Crippen LogP contribution in [-0.4, -0.2) is 30.3 Å². The van der Waals surface area contributed by atoms with Crippen LogP contribution in [0.4, 0.5) is 0 Å². The molecule has 0 aliphatic carbocycles. The summed E-state index contributed by atoms with van der Waals surface area (Å²) < 4.78 is 5.65. The second-order valence-corrected chi connectivity index (χ2v) is 6.43. The minimum absolute atomic E-state index is 0.0918. The first-order chi connectivity index (χ1) is 10.1. The lowest BCUT2D eigenvalue weighted by Crippen LogP contribution is -2.38. The number of nitrogens with zero attached hydrogens (tertiary/aromatic N) is 1. The molecule has 1 fully saturated rings. The Balaban J connectivity index is 1.62. The first-order valence-electron chi connectivity index (χ1n) is 7.87. The summed E-state index contributed by atoms with van der Waals surface area (Å²) in [6, 6.07) is 9.63. The van der Waals surface area contributed by atoms with E-state index < -0.39 is 0 Å². The number of hydrogen-bond acceptors (Lipinski definition) is 3. The number of fused-ring (bicyclic) bond motifs is 1. The molecule has 1 aliphatic rings. The molecule has 2 aromatic rings. The number of hydrogen-bond donors (Lipinski definition) is 0. The summed E-state index contributed by atoms with van der Waals surface area (Å²) in [7, 11) is 0. The Hall–Kier alpha value is -1.61. The van der Waals surface area contributed by atoms with Crippen molar-refractivity contribution in [3.8, 4) is 0 Å². The van der Waals surface area contributed by atoms with Crippen molar-refractivity contribution >= 4 is 16.8 Å². The third-order valence-corrected chi connectivity index (χ3v) is 4.64. The molecule has 0 radical (unpaired) electrons. The average molecular weight is 285 g/mol. The van der Waals surface area contributed by atoms with Gasteiger partial charge in [0.1, 0.15) is 5.58 Å². The molecule has 0 unspecified atom stereocenters. The zero-order valence-corrected chi connectivity index (χ0v) is 12.8. The number of carbonyl (C=O) groups excluding carboxylic acids is 1. The Morgan fingerprint density at radius 3 is 2.67 bits per heavy atom. The summed E-state index contributed by atoms with van der Waals surface area (Å²) in [4.78, 5) is 14.6. The zero-order chi connectivity index (χ0) is 14.8. The van der Waals surface area contributed by atoms with Crippen molar-refractivity contribution in [1.82, 2.24) is 4.90 Å². The average Bonchev–Trinajstić information content (AvgIpc) is 2.92. The predicted octanol–water partition coefficient (Wildman–Crippen LogP) is 3.98. The van der Waals surface area contributed by atoms with Crippen molar-refractivity contribution in [3.05, 3.63) is 36.1 Å². The fourth-order valence-electron chi connectivity index (χ4n) is 3.18. The van der Waals surface area contributed by atoms with E-state index in [2.05, 4.69) is 18.7 Å². The Labute approximate surface area is 125 Å². The molecule has 0 bridgehead atoms. The van der Waals surface area contributed by atoms with E-state index in [4.69, 9.17) is 4.42 Å². The topological polar surface area (TPSA) is 33.5 Å². The smallest absolute Gasteiger partial charge is 0.211 e. The van der Waals surface area contributed by atoms with Gasteiger partial charge in [-0.25, -0.2) is 0 Å². The van der Waals surface area contributed by atoms with E-state index in [9.17, 15) is 4.79 Å². The monoisotopic (exact) mass is 285 g/mol. The van der Waals surface area contributed by atoms with Crippen LogP contribution in [0.1, 0.15) is 37.2 Å². The van der Waals surface area contributed by atoms with Crippen molar-refractivity contribution in [2.75, 3.05) is 19.6 Å². The first-order valence-corrected chi connectivity index (χ1v) is 7.87. The third kappa shape index (κ3) is 3.18. The van der Waals surface area contributed by atoms with Crippen LogP contribution in [0.2, 0.25) is 0 Å². The minimum atomic E-state index is 0.0918. The molecule has 0 spiro atoms. The van der Waals surface area contributed by atoms with Gasteiger partial charge < -0.3 is 4.42 Å². The molecular formula is C18H23NO2. The molecule has 0 amide bonds. The van der Waals surface area contributed by atoms with E-state index >= 15 is 0 Å². The Bertz CT molecular complexity index is 588. The number of ketones is 1. The fraction of sp³-hybridized carbons (Fsp3) is 0.500. The Morgan fingerprint density at radius 2 is 2.00 bits per heavy atom. The molecule has 1 aliphatic heterocycles. The number of piperidine rings is 1. The van der Waals surface area contributed by atoms with Gasteiger partial charge in [0.25, 0.3) is 0 Å². The molecule has 3 rings (SSSR count). The van der Waals surface area contributed by atoms with Gasteiger partial charge in [0.2, 0.25) is 5.78 Å². The van der Waals surface area contributed by atoms with Gasteiger partial charge in [-0.05, 0) is 49.9 Å². The second kappa shape index (κ2) is 6.02. The van der Waals surface area contributed by atoms with Crippen molar-refractivity contribution < 1.29 is 9.21 Å². The highest BCUT2D eigenvalue weighted by Gasteiger charge is 2.24. The van der Waals surface area contributed by atoms with Crippen LogP contribution >= 0.6 is 0 Å². The van der Waals surface area contributed by atoms with Crippen LogP contribution in [0.25, 0.3) is 11.0 Å². The van der Waals surface area contributed by atoms with Crippen LogP contribution in [0, 0.1) is 11.8 Å². The molecular weight excluding hydrogens is 262 g/mol. The Kier molecular flexibility index (Phi) is 4.11. The molecule has 2 heterocycles. The fourth-order valence-corrected chi connectivity index (χ4v) is 3.18. The van der Waals surface area contributed by atoms with E-state index in [1.165, 1.54) is 12.8 Å². The lowest BCUT2D eigenvalue weighted by Gasteiger charge is -2.33. The standard InChI is InChI=1S/C18H23NO2/c1-13(2)14-7-9-19(10-8-14)12-16(20)18-11-15-5-3-4-6-17(15)21-18/h3-6,11,13-14H,7-10,12H2,1-2H3. The summed E-state index contributed by atoms with van der Waals surface area (Å²) in [6.45, 7) is 7.11. The maximum Gasteiger partial charge on any atom is 0.211 e. The van der Waals surface area contributed by atoms with E-state index in [1.807, 2.05) is 30.3 Å². The predicted molar refractivity (Wildman–Crippen MR) is 84.5 cm³/mol. The van der Waals surface area contributed by atoms with Crippen molar-refractivity contribution in [1.29, 1.82) is 0 Å². The van der Waals surface area contributed by atoms with Crippen molar-refractivity contribution in [2.24, 2.45) is 11.8 Å². The lowest BCUT2D eigenvalue weighted by atomic mass is 9.87. The molecule has 1 aromatic carbocycles. The third-order valence-electron chi connectivity index (χ3n) is 4.64. The number of carbonyl (C=O) groups is 1. The highest BCUT2D eigenvalue weighted by molar-refractivity contribution is 5.98. The van der Waals surface area contributed by atoms with Gasteiger partial charge in [-0.15, -0.1) is 0 Å². The molecule has 1 aromatic heterocycles. The van der Waals surface area contributed by atoms with Gasteiger partial charge in [0.15, 0.2) is 5.76 Å². The van der Waals surface area contributed by atoms with Gasteiger partial charge in [-0.3, -0.25) is 9.69 Å². The van der Waals surface area contributed by atoms with E-state index in [0.717, 1.165) is 35.9 Å².